The molecule has 6 unspecified atom stereocenters. The van der Waals surface area contributed by atoms with Crippen molar-refractivity contribution in [2.24, 2.45) is 34.5 Å². The van der Waals surface area contributed by atoms with E-state index >= 15 is 0 Å². The Labute approximate surface area is 210 Å². The Morgan fingerprint density at radius 1 is 1.26 bits per heavy atom. The molecule has 1 amide bonds. The third-order valence-electron chi connectivity index (χ3n) is 10.0. The molecule has 5 nitrogen and oxygen atoms in total. The summed E-state index contributed by atoms with van der Waals surface area (Å²) in [6.07, 6.45) is 8.92. The molecule has 0 radical (unpaired) electrons. The summed E-state index contributed by atoms with van der Waals surface area (Å²) < 4.78 is 0. The maximum Gasteiger partial charge on any atom is 0.223 e. The molecule has 4 N–H and O–H groups in total. The molecule has 0 bridgehead atoms. The number of aliphatic hydroxyl groups excluding tert-OH is 1. The van der Waals surface area contributed by atoms with Crippen LogP contribution >= 0.6 is 0 Å². The number of aryl methyl sites for hydroxylation is 1. The lowest BCUT2D eigenvalue weighted by Crippen LogP contribution is -2.57. The SMILES string of the molecule is CCNC(=O)C1CCC2C3CCC4=CC(Nc5cccc(C)c5)=C(C=N)CC4(C)C3[C@@H](O)CC12C. The number of hydrogen-bond donors (Lipinski definition) is 4. The first-order valence-corrected chi connectivity index (χ1v) is 13.5. The van der Waals surface area contributed by atoms with E-state index in [-0.39, 0.29) is 28.6 Å². The molecule has 3 fully saturated rings. The minimum absolute atomic E-state index is 0.00122. The van der Waals surface area contributed by atoms with Crippen LogP contribution in [0.25, 0.3) is 0 Å². The van der Waals surface area contributed by atoms with Crippen molar-refractivity contribution >= 4 is 17.8 Å². The molecule has 0 aromatic heterocycles. The summed E-state index contributed by atoms with van der Waals surface area (Å²) >= 11 is 0. The fourth-order valence-corrected chi connectivity index (χ4v) is 8.55. The summed E-state index contributed by atoms with van der Waals surface area (Å²) in [5.41, 5.74) is 5.39. The highest BCUT2D eigenvalue weighted by Crippen LogP contribution is 2.67. The van der Waals surface area contributed by atoms with Crippen molar-refractivity contribution in [3.63, 3.8) is 0 Å². The molecule has 0 aliphatic heterocycles. The molecule has 4 aliphatic rings. The summed E-state index contributed by atoms with van der Waals surface area (Å²) in [7, 11) is 0. The van der Waals surface area contributed by atoms with Gasteiger partial charge in [-0.05, 0) is 110 Å². The molecule has 0 saturated heterocycles. The number of allylic oxidation sites excluding steroid dienone is 3. The van der Waals surface area contributed by atoms with E-state index < -0.39 is 6.10 Å². The van der Waals surface area contributed by atoms with Crippen molar-refractivity contribution in [2.45, 2.75) is 72.3 Å². The lowest BCUT2D eigenvalue weighted by atomic mass is 9.46. The minimum atomic E-state index is -0.428. The van der Waals surface area contributed by atoms with Gasteiger partial charge in [0.1, 0.15) is 0 Å². The van der Waals surface area contributed by atoms with Crippen molar-refractivity contribution in [1.29, 1.82) is 5.41 Å². The predicted molar refractivity (Wildman–Crippen MR) is 141 cm³/mol. The van der Waals surface area contributed by atoms with Crippen molar-refractivity contribution < 1.29 is 9.90 Å². The van der Waals surface area contributed by atoms with E-state index in [1.165, 1.54) is 17.4 Å². The number of carbonyl (C=O) groups excluding carboxylic acids is 1. The van der Waals surface area contributed by atoms with E-state index in [1.54, 1.807) is 0 Å². The molecule has 7 atom stereocenters. The maximum absolute atomic E-state index is 12.9. The van der Waals surface area contributed by atoms with Gasteiger partial charge in [0, 0.05) is 30.1 Å². The van der Waals surface area contributed by atoms with Crippen LogP contribution in [0.15, 0.2) is 47.2 Å². The second kappa shape index (κ2) is 8.92. The Hall–Kier alpha value is -2.40. The van der Waals surface area contributed by atoms with E-state index in [9.17, 15) is 9.90 Å². The molecule has 0 spiro atoms. The molecule has 1 aromatic rings. The third-order valence-corrected chi connectivity index (χ3v) is 10.0. The molecular formula is C30H41N3O2. The minimum Gasteiger partial charge on any atom is -0.393 e. The number of amides is 1. The van der Waals surface area contributed by atoms with Crippen LogP contribution in [0.5, 0.6) is 0 Å². The number of fused-ring (bicyclic) bond motifs is 5. The average Bonchev–Trinajstić information content (AvgIpc) is 3.15. The predicted octanol–water partition coefficient (Wildman–Crippen LogP) is 5.61. The van der Waals surface area contributed by atoms with Crippen LogP contribution in [0.3, 0.4) is 0 Å². The van der Waals surface area contributed by atoms with Gasteiger partial charge < -0.3 is 21.1 Å². The quantitative estimate of drug-likeness (QED) is 0.418. The van der Waals surface area contributed by atoms with Crippen molar-refractivity contribution in [3.05, 3.63) is 52.7 Å². The zero-order chi connectivity index (χ0) is 25.0. The monoisotopic (exact) mass is 475 g/mol. The highest BCUT2D eigenvalue weighted by molar-refractivity contribution is 5.81. The molecule has 5 heteroatoms. The third kappa shape index (κ3) is 3.87. The highest BCUT2D eigenvalue weighted by Gasteiger charge is 2.63. The zero-order valence-corrected chi connectivity index (χ0v) is 21.7. The van der Waals surface area contributed by atoms with Crippen LogP contribution in [-0.2, 0) is 4.79 Å². The molecule has 3 saturated carbocycles. The molecule has 5 rings (SSSR count). The topological polar surface area (TPSA) is 85.2 Å². The van der Waals surface area contributed by atoms with Gasteiger partial charge in [0.2, 0.25) is 5.91 Å². The van der Waals surface area contributed by atoms with E-state index in [1.807, 2.05) is 6.92 Å². The first kappa shape index (κ1) is 24.3. The molecule has 35 heavy (non-hydrogen) atoms. The number of anilines is 1. The van der Waals surface area contributed by atoms with Crippen LogP contribution in [0.4, 0.5) is 5.69 Å². The number of aliphatic hydroxyl groups is 1. The Morgan fingerprint density at radius 3 is 2.77 bits per heavy atom. The molecule has 188 valence electrons. The summed E-state index contributed by atoms with van der Waals surface area (Å²) in [6, 6.07) is 8.35. The van der Waals surface area contributed by atoms with Gasteiger partial charge in [-0.3, -0.25) is 4.79 Å². The smallest absolute Gasteiger partial charge is 0.223 e. The first-order valence-electron chi connectivity index (χ1n) is 13.5. The first-order chi connectivity index (χ1) is 16.7. The Balaban J connectivity index is 1.44. The van der Waals surface area contributed by atoms with Crippen molar-refractivity contribution in [1.82, 2.24) is 5.32 Å². The summed E-state index contributed by atoms with van der Waals surface area (Å²) in [5.74, 6) is 1.24. The number of rotatable bonds is 5. The lowest BCUT2D eigenvalue weighted by molar-refractivity contribution is -0.143. The van der Waals surface area contributed by atoms with Gasteiger partial charge in [-0.1, -0.05) is 31.6 Å². The number of hydrogen-bond acceptors (Lipinski definition) is 4. The second-order valence-electron chi connectivity index (χ2n) is 12.0. The molecular weight excluding hydrogens is 434 g/mol. The Morgan fingerprint density at radius 2 is 2.06 bits per heavy atom. The van der Waals surface area contributed by atoms with Gasteiger partial charge in [0.25, 0.3) is 0 Å². The van der Waals surface area contributed by atoms with Gasteiger partial charge in [-0.2, -0.15) is 0 Å². The summed E-state index contributed by atoms with van der Waals surface area (Å²) in [5, 5.41) is 26.5. The van der Waals surface area contributed by atoms with E-state index in [2.05, 4.69) is 61.7 Å². The largest absolute Gasteiger partial charge is 0.393 e. The standard InChI is InChI=1S/C30H41N3O2/c1-5-32-28(35)24-12-11-23-22-10-9-20-14-25(33-21-8-6-7-18(2)13-21)19(17-31)15-29(20,3)27(22)26(34)16-30(23,24)4/h6-8,13-14,17,22-24,26-27,31,33-34H,5,9-12,15-16H2,1-4H3,(H,32,35)/t22?,23?,24?,26-,27?,29?,30?/m0/s1. The number of benzene rings is 1. The van der Waals surface area contributed by atoms with Crippen molar-refractivity contribution in [3.8, 4) is 0 Å². The second-order valence-corrected chi connectivity index (χ2v) is 12.0. The van der Waals surface area contributed by atoms with Gasteiger partial charge in [0.05, 0.1) is 6.10 Å². The van der Waals surface area contributed by atoms with Crippen LogP contribution in [-0.4, -0.2) is 29.9 Å². The number of carbonyl (C=O) groups is 1. The summed E-state index contributed by atoms with van der Waals surface area (Å²) in [6.45, 7) is 9.32. The van der Waals surface area contributed by atoms with Crippen LogP contribution < -0.4 is 10.6 Å². The summed E-state index contributed by atoms with van der Waals surface area (Å²) in [4.78, 5) is 12.9. The van der Waals surface area contributed by atoms with Gasteiger partial charge in [-0.25, -0.2) is 0 Å². The van der Waals surface area contributed by atoms with Crippen molar-refractivity contribution in [2.75, 3.05) is 11.9 Å². The maximum atomic E-state index is 12.9. The highest BCUT2D eigenvalue weighted by atomic mass is 16.3. The average molecular weight is 476 g/mol. The fourth-order valence-electron chi connectivity index (χ4n) is 8.55. The molecule has 4 aliphatic carbocycles. The van der Waals surface area contributed by atoms with E-state index in [4.69, 9.17) is 5.41 Å². The van der Waals surface area contributed by atoms with Gasteiger partial charge in [0.15, 0.2) is 0 Å². The van der Waals surface area contributed by atoms with Gasteiger partial charge >= 0.3 is 0 Å². The van der Waals surface area contributed by atoms with Crippen LogP contribution in [0, 0.1) is 46.8 Å². The molecule has 0 heterocycles. The fraction of sp³-hybridized carbons (Fsp3) is 0.600. The van der Waals surface area contributed by atoms with E-state index in [0.29, 0.717) is 24.8 Å². The van der Waals surface area contributed by atoms with E-state index in [0.717, 1.165) is 49.1 Å². The van der Waals surface area contributed by atoms with Gasteiger partial charge in [-0.15, -0.1) is 0 Å². The lowest BCUT2D eigenvalue weighted by Gasteiger charge is -2.59. The van der Waals surface area contributed by atoms with Crippen LogP contribution in [0.2, 0.25) is 0 Å². The zero-order valence-electron chi connectivity index (χ0n) is 21.7. The normalized spacial score (nSPS) is 38.1. The Bertz CT molecular complexity index is 1090. The Kier molecular flexibility index (Phi) is 6.19. The van der Waals surface area contributed by atoms with Crippen LogP contribution in [0.1, 0.15) is 64.9 Å². The molecule has 1 aromatic carbocycles. The number of nitrogens with one attached hydrogen (secondary N) is 3.